The van der Waals surface area contributed by atoms with Gasteiger partial charge in [-0.05, 0) is 12.1 Å². The predicted molar refractivity (Wildman–Crippen MR) is 49.7 cm³/mol. The lowest BCUT2D eigenvalue weighted by Gasteiger charge is -1.99. The van der Waals surface area contributed by atoms with Crippen LogP contribution >= 0.6 is 0 Å². The van der Waals surface area contributed by atoms with Gasteiger partial charge in [0.1, 0.15) is 17.2 Å². The molecular weight excluding hydrogens is 183 g/mol. The molecular formula is C9H9FN4. The molecule has 0 aliphatic rings. The van der Waals surface area contributed by atoms with Crippen LogP contribution in [0.3, 0.4) is 0 Å². The van der Waals surface area contributed by atoms with E-state index < -0.39 is 0 Å². The maximum absolute atomic E-state index is 13.3. The largest absolute Gasteiger partial charge is 0.325 e. The van der Waals surface area contributed by atoms with Gasteiger partial charge in [0.2, 0.25) is 0 Å². The van der Waals surface area contributed by atoms with Gasteiger partial charge in [-0.1, -0.05) is 12.1 Å². The summed E-state index contributed by atoms with van der Waals surface area (Å²) in [6.45, 7) is 0.236. The number of hydrogen-bond acceptors (Lipinski definition) is 3. The summed E-state index contributed by atoms with van der Waals surface area (Å²) >= 11 is 0. The van der Waals surface area contributed by atoms with Crippen molar-refractivity contribution in [1.82, 2.24) is 15.4 Å². The molecule has 1 aromatic heterocycles. The van der Waals surface area contributed by atoms with Gasteiger partial charge in [-0.15, -0.1) is 0 Å². The highest BCUT2D eigenvalue weighted by Crippen LogP contribution is 2.21. The number of nitrogens with zero attached hydrogens (tertiary/aromatic N) is 2. The molecule has 1 heterocycles. The molecule has 1 aromatic carbocycles. The number of aromatic nitrogens is 3. The van der Waals surface area contributed by atoms with Gasteiger partial charge in [-0.25, -0.2) is 4.39 Å². The second-order valence-corrected chi connectivity index (χ2v) is 2.80. The maximum Gasteiger partial charge on any atom is 0.132 e. The highest BCUT2D eigenvalue weighted by atomic mass is 19.1. The summed E-state index contributed by atoms with van der Waals surface area (Å²) in [7, 11) is 0. The second kappa shape index (κ2) is 3.55. The Bertz CT molecular complexity index is 438. The highest BCUT2D eigenvalue weighted by molar-refractivity contribution is 5.61. The van der Waals surface area contributed by atoms with Crippen LogP contribution in [0.5, 0.6) is 0 Å². The molecule has 0 aliphatic heterocycles. The van der Waals surface area contributed by atoms with E-state index in [0.717, 1.165) is 0 Å². The standard InChI is InChI=1S/C9H9FN4/c10-7-4-2-1-3-6(7)9-8(5-11)12-14-13-9/h1-4H,5,11H2,(H,12,13,14). The third kappa shape index (κ3) is 1.38. The molecule has 0 spiro atoms. The van der Waals surface area contributed by atoms with Crippen molar-refractivity contribution in [2.24, 2.45) is 5.73 Å². The molecule has 2 aromatic rings. The van der Waals surface area contributed by atoms with Crippen molar-refractivity contribution in [3.8, 4) is 11.3 Å². The lowest BCUT2D eigenvalue weighted by atomic mass is 10.1. The lowest BCUT2D eigenvalue weighted by molar-refractivity contribution is 0.630. The first-order valence-corrected chi connectivity index (χ1v) is 4.17. The maximum atomic E-state index is 13.3. The van der Waals surface area contributed by atoms with E-state index >= 15 is 0 Å². The molecule has 72 valence electrons. The Morgan fingerprint density at radius 3 is 2.79 bits per heavy atom. The molecule has 0 unspecified atom stereocenters. The zero-order valence-electron chi connectivity index (χ0n) is 7.37. The van der Waals surface area contributed by atoms with E-state index in [4.69, 9.17) is 5.73 Å². The Labute approximate surface area is 79.9 Å². The van der Waals surface area contributed by atoms with Crippen LogP contribution < -0.4 is 5.73 Å². The molecule has 0 aliphatic carbocycles. The van der Waals surface area contributed by atoms with Crippen LogP contribution in [-0.2, 0) is 6.54 Å². The molecule has 4 nitrogen and oxygen atoms in total. The molecule has 0 saturated carbocycles. The number of H-pyrrole nitrogens is 1. The van der Waals surface area contributed by atoms with Crippen LogP contribution in [0.25, 0.3) is 11.3 Å². The summed E-state index contributed by atoms with van der Waals surface area (Å²) in [5.41, 5.74) is 6.90. The van der Waals surface area contributed by atoms with Gasteiger partial charge in [0.15, 0.2) is 0 Å². The lowest BCUT2D eigenvalue weighted by Crippen LogP contribution is -1.99. The van der Waals surface area contributed by atoms with E-state index in [9.17, 15) is 4.39 Å². The van der Waals surface area contributed by atoms with Crippen molar-refractivity contribution in [1.29, 1.82) is 0 Å². The van der Waals surface area contributed by atoms with Crippen LogP contribution in [0, 0.1) is 5.82 Å². The molecule has 3 N–H and O–H groups in total. The van der Waals surface area contributed by atoms with Gasteiger partial charge >= 0.3 is 0 Å². The number of nitrogens with one attached hydrogen (secondary N) is 1. The van der Waals surface area contributed by atoms with Crippen molar-refractivity contribution >= 4 is 0 Å². The zero-order valence-corrected chi connectivity index (χ0v) is 7.37. The van der Waals surface area contributed by atoms with Gasteiger partial charge in [0.05, 0.1) is 0 Å². The van der Waals surface area contributed by atoms with Crippen LogP contribution in [0.4, 0.5) is 4.39 Å². The number of nitrogens with two attached hydrogens (primary N) is 1. The first-order chi connectivity index (χ1) is 6.83. The summed E-state index contributed by atoms with van der Waals surface area (Å²) in [5, 5.41) is 10.1. The molecule has 5 heteroatoms. The first kappa shape index (κ1) is 8.83. The predicted octanol–water partition coefficient (Wildman–Crippen LogP) is 1.07. The first-order valence-electron chi connectivity index (χ1n) is 4.17. The van der Waals surface area contributed by atoms with E-state index in [2.05, 4.69) is 15.4 Å². The summed E-state index contributed by atoms with van der Waals surface area (Å²) in [4.78, 5) is 0. The fourth-order valence-electron chi connectivity index (χ4n) is 1.26. The van der Waals surface area contributed by atoms with E-state index in [-0.39, 0.29) is 12.4 Å². The van der Waals surface area contributed by atoms with Crippen molar-refractivity contribution in [3.05, 3.63) is 35.8 Å². The third-order valence-electron chi connectivity index (χ3n) is 1.94. The summed E-state index contributed by atoms with van der Waals surface area (Å²) in [5.74, 6) is -0.323. The third-order valence-corrected chi connectivity index (χ3v) is 1.94. The molecule has 2 rings (SSSR count). The molecule has 0 saturated heterocycles. The van der Waals surface area contributed by atoms with E-state index in [0.29, 0.717) is 17.0 Å². The second-order valence-electron chi connectivity index (χ2n) is 2.80. The minimum Gasteiger partial charge on any atom is -0.325 e. The van der Waals surface area contributed by atoms with Crippen molar-refractivity contribution in [2.75, 3.05) is 0 Å². The van der Waals surface area contributed by atoms with Crippen LogP contribution in [0.1, 0.15) is 5.69 Å². The van der Waals surface area contributed by atoms with Crippen LogP contribution in [0.2, 0.25) is 0 Å². The van der Waals surface area contributed by atoms with Gasteiger partial charge in [-0.2, -0.15) is 15.4 Å². The van der Waals surface area contributed by atoms with E-state index in [1.165, 1.54) is 6.07 Å². The quantitative estimate of drug-likeness (QED) is 0.747. The molecule has 0 fully saturated rings. The average Bonchev–Trinajstić information content (AvgIpc) is 2.66. The van der Waals surface area contributed by atoms with Gasteiger partial charge in [0, 0.05) is 12.1 Å². The van der Waals surface area contributed by atoms with Crippen molar-refractivity contribution < 1.29 is 4.39 Å². The van der Waals surface area contributed by atoms with Gasteiger partial charge < -0.3 is 5.73 Å². The number of hydrogen-bond donors (Lipinski definition) is 2. The molecule has 14 heavy (non-hydrogen) atoms. The minimum atomic E-state index is -0.323. The Balaban J connectivity index is 2.54. The smallest absolute Gasteiger partial charge is 0.132 e. The van der Waals surface area contributed by atoms with Crippen molar-refractivity contribution in [3.63, 3.8) is 0 Å². The summed E-state index contributed by atoms with van der Waals surface area (Å²) in [6.07, 6.45) is 0. The molecule has 0 radical (unpaired) electrons. The van der Waals surface area contributed by atoms with Gasteiger partial charge in [-0.3, -0.25) is 0 Å². The zero-order chi connectivity index (χ0) is 9.97. The van der Waals surface area contributed by atoms with Crippen molar-refractivity contribution in [2.45, 2.75) is 6.54 Å². The topological polar surface area (TPSA) is 67.6 Å². The summed E-state index contributed by atoms with van der Waals surface area (Å²) < 4.78 is 13.3. The van der Waals surface area contributed by atoms with E-state index in [1.54, 1.807) is 18.2 Å². The van der Waals surface area contributed by atoms with Crippen LogP contribution in [-0.4, -0.2) is 15.4 Å². The van der Waals surface area contributed by atoms with E-state index in [1.807, 2.05) is 0 Å². The number of benzene rings is 1. The SMILES string of the molecule is NCc1n[nH]nc1-c1ccccc1F. The molecule has 0 bridgehead atoms. The number of halogens is 1. The highest BCUT2D eigenvalue weighted by Gasteiger charge is 2.11. The Kier molecular flexibility index (Phi) is 2.24. The van der Waals surface area contributed by atoms with Crippen LogP contribution in [0.15, 0.2) is 24.3 Å². The Morgan fingerprint density at radius 2 is 2.07 bits per heavy atom. The average molecular weight is 192 g/mol. The normalized spacial score (nSPS) is 10.4. The Morgan fingerprint density at radius 1 is 1.29 bits per heavy atom. The van der Waals surface area contributed by atoms with Gasteiger partial charge in [0.25, 0.3) is 0 Å². The molecule has 0 atom stereocenters. The monoisotopic (exact) mass is 192 g/mol. The molecule has 0 amide bonds. The minimum absolute atomic E-state index is 0.236. The Hall–Kier alpha value is -1.75. The number of rotatable bonds is 2. The summed E-state index contributed by atoms with van der Waals surface area (Å²) in [6, 6.07) is 6.39. The fourth-order valence-corrected chi connectivity index (χ4v) is 1.26. The number of aromatic amines is 1. The fraction of sp³-hybridized carbons (Fsp3) is 0.111.